The van der Waals surface area contributed by atoms with Gasteiger partial charge in [0.2, 0.25) is 0 Å². The summed E-state index contributed by atoms with van der Waals surface area (Å²) >= 11 is 0. The van der Waals surface area contributed by atoms with Crippen molar-refractivity contribution in [2.24, 2.45) is 5.92 Å². The van der Waals surface area contributed by atoms with Gasteiger partial charge in [-0.2, -0.15) is 0 Å². The molecule has 0 aromatic heterocycles. The Morgan fingerprint density at radius 2 is 2.14 bits per heavy atom. The van der Waals surface area contributed by atoms with Crippen LogP contribution in [0.2, 0.25) is 0 Å². The Bertz CT molecular complexity index is 173. The Kier molecular flexibility index (Phi) is 5.02. The van der Waals surface area contributed by atoms with Gasteiger partial charge in [0.05, 0.1) is 0 Å². The molecule has 1 aliphatic rings. The average molecular weight is 197 g/mol. The summed E-state index contributed by atoms with van der Waals surface area (Å²) in [5.74, 6) is 0.887. The average Bonchev–Trinajstić information content (AvgIpc) is 2.15. The molecule has 14 heavy (non-hydrogen) atoms. The molecule has 1 rings (SSSR count). The first-order valence-electron chi connectivity index (χ1n) is 5.68. The van der Waals surface area contributed by atoms with Gasteiger partial charge in [0, 0.05) is 25.0 Å². The fourth-order valence-corrected chi connectivity index (χ4v) is 2.01. The van der Waals surface area contributed by atoms with E-state index in [-0.39, 0.29) is 0 Å². The second-order valence-corrected chi connectivity index (χ2v) is 4.46. The molecule has 0 amide bonds. The normalized spacial score (nSPS) is 20.4. The Morgan fingerprint density at radius 3 is 2.71 bits per heavy atom. The summed E-state index contributed by atoms with van der Waals surface area (Å²) in [4.78, 5) is 0. The molecule has 0 radical (unpaired) electrons. The van der Waals surface area contributed by atoms with Crippen LogP contribution < -0.4 is 5.32 Å². The second kappa shape index (κ2) is 6.07. The van der Waals surface area contributed by atoms with E-state index in [9.17, 15) is 0 Å². The van der Waals surface area contributed by atoms with Crippen LogP contribution in [0.15, 0.2) is 12.3 Å². The maximum Gasteiger partial charge on any atom is 0.0468 e. The van der Waals surface area contributed by atoms with Crippen molar-refractivity contribution in [3.8, 4) is 0 Å². The fourth-order valence-electron chi connectivity index (χ4n) is 2.01. The molecule has 82 valence electrons. The summed E-state index contributed by atoms with van der Waals surface area (Å²) < 4.78 is 5.34. The molecule has 1 fully saturated rings. The minimum absolute atomic E-state index is 0.565. The van der Waals surface area contributed by atoms with Gasteiger partial charge in [0.15, 0.2) is 0 Å². The van der Waals surface area contributed by atoms with Crippen molar-refractivity contribution >= 4 is 0 Å². The molecule has 2 heteroatoms. The molecule has 0 spiro atoms. The fraction of sp³-hybridized carbons (Fsp3) is 0.833. The number of rotatable bonds is 5. The van der Waals surface area contributed by atoms with Crippen molar-refractivity contribution in [3.63, 3.8) is 0 Å². The minimum Gasteiger partial charge on any atom is -0.387 e. The van der Waals surface area contributed by atoms with Crippen LogP contribution in [0, 0.1) is 5.92 Å². The number of nitrogens with one attached hydrogen (secondary N) is 1. The lowest BCUT2D eigenvalue weighted by molar-refractivity contribution is 0.0626. The predicted octanol–water partition coefficient (Wildman–Crippen LogP) is 2.70. The molecule has 0 aromatic rings. The molecule has 2 nitrogen and oxygen atoms in total. The highest BCUT2D eigenvalue weighted by atomic mass is 16.5. The molecule has 0 bridgehead atoms. The molecule has 1 atom stereocenters. The van der Waals surface area contributed by atoms with E-state index in [0.717, 1.165) is 24.8 Å². The van der Waals surface area contributed by atoms with Crippen molar-refractivity contribution < 1.29 is 4.74 Å². The molecular weight excluding hydrogens is 174 g/mol. The lowest BCUT2D eigenvalue weighted by Crippen LogP contribution is -2.25. The maximum absolute atomic E-state index is 5.34. The first-order chi connectivity index (χ1) is 6.68. The largest absolute Gasteiger partial charge is 0.387 e. The third kappa shape index (κ3) is 4.66. The highest BCUT2D eigenvalue weighted by molar-refractivity contribution is 4.87. The minimum atomic E-state index is 0.565. The van der Waals surface area contributed by atoms with Crippen molar-refractivity contribution in [2.75, 3.05) is 13.2 Å². The van der Waals surface area contributed by atoms with Gasteiger partial charge in [-0.25, -0.2) is 0 Å². The lowest BCUT2D eigenvalue weighted by Gasteiger charge is -2.23. The smallest absolute Gasteiger partial charge is 0.0468 e. The van der Waals surface area contributed by atoms with Crippen LogP contribution in [0.3, 0.4) is 0 Å². The standard InChI is InChI=1S/C12H23NO/c1-10(2)13-11(3)4-5-12-6-8-14-9-7-12/h11-13H,1,4-9H2,2-3H3. The molecule has 1 aliphatic heterocycles. The van der Waals surface area contributed by atoms with Gasteiger partial charge >= 0.3 is 0 Å². The van der Waals surface area contributed by atoms with E-state index in [1.807, 2.05) is 6.92 Å². The molecule has 1 saturated heterocycles. The first-order valence-corrected chi connectivity index (χ1v) is 5.68. The quantitative estimate of drug-likeness (QED) is 0.731. The monoisotopic (exact) mass is 197 g/mol. The highest BCUT2D eigenvalue weighted by Gasteiger charge is 2.14. The van der Waals surface area contributed by atoms with Crippen LogP contribution in [-0.2, 0) is 4.74 Å². The predicted molar refractivity (Wildman–Crippen MR) is 60.2 cm³/mol. The molecule has 0 saturated carbocycles. The van der Waals surface area contributed by atoms with Crippen LogP contribution in [0.1, 0.15) is 39.5 Å². The summed E-state index contributed by atoms with van der Waals surface area (Å²) in [6, 6.07) is 0.565. The Balaban J connectivity index is 2.09. The summed E-state index contributed by atoms with van der Waals surface area (Å²) in [7, 11) is 0. The van der Waals surface area contributed by atoms with Crippen LogP contribution in [0.25, 0.3) is 0 Å². The van der Waals surface area contributed by atoms with E-state index in [0.29, 0.717) is 6.04 Å². The molecule has 1 unspecified atom stereocenters. The first kappa shape index (κ1) is 11.6. The van der Waals surface area contributed by atoms with Gasteiger partial charge in [-0.3, -0.25) is 0 Å². The van der Waals surface area contributed by atoms with Crippen molar-refractivity contribution in [3.05, 3.63) is 12.3 Å². The van der Waals surface area contributed by atoms with E-state index >= 15 is 0 Å². The van der Waals surface area contributed by atoms with Crippen molar-refractivity contribution in [2.45, 2.75) is 45.6 Å². The Hall–Kier alpha value is -0.500. The second-order valence-electron chi connectivity index (χ2n) is 4.46. The third-order valence-electron chi connectivity index (χ3n) is 2.84. The van der Waals surface area contributed by atoms with Crippen molar-refractivity contribution in [1.29, 1.82) is 0 Å². The van der Waals surface area contributed by atoms with Gasteiger partial charge in [0.25, 0.3) is 0 Å². The van der Waals surface area contributed by atoms with Gasteiger partial charge in [-0.1, -0.05) is 6.58 Å². The highest BCUT2D eigenvalue weighted by Crippen LogP contribution is 2.20. The zero-order valence-electron chi connectivity index (χ0n) is 9.51. The third-order valence-corrected chi connectivity index (χ3v) is 2.84. The maximum atomic E-state index is 5.34. The van der Waals surface area contributed by atoms with E-state index in [2.05, 4.69) is 18.8 Å². The van der Waals surface area contributed by atoms with Crippen molar-refractivity contribution in [1.82, 2.24) is 5.32 Å². The van der Waals surface area contributed by atoms with Crippen LogP contribution in [0.5, 0.6) is 0 Å². The zero-order valence-corrected chi connectivity index (χ0v) is 9.51. The van der Waals surface area contributed by atoms with E-state index < -0.39 is 0 Å². The number of hydrogen-bond donors (Lipinski definition) is 1. The van der Waals surface area contributed by atoms with Crippen LogP contribution >= 0.6 is 0 Å². The molecule has 0 aliphatic carbocycles. The number of ether oxygens (including phenoxy) is 1. The Morgan fingerprint density at radius 1 is 1.50 bits per heavy atom. The zero-order chi connectivity index (χ0) is 10.4. The van der Waals surface area contributed by atoms with E-state index in [1.165, 1.54) is 25.7 Å². The molecule has 0 aromatic carbocycles. The summed E-state index contributed by atoms with van der Waals surface area (Å²) in [5, 5.41) is 3.36. The Labute approximate surface area is 87.7 Å². The topological polar surface area (TPSA) is 21.3 Å². The van der Waals surface area contributed by atoms with Gasteiger partial charge < -0.3 is 10.1 Å². The van der Waals surface area contributed by atoms with Crippen LogP contribution in [0.4, 0.5) is 0 Å². The van der Waals surface area contributed by atoms with Gasteiger partial charge in [0.1, 0.15) is 0 Å². The molecular formula is C12H23NO. The van der Waals surface area contributed by atoms with Gasteiger partial charge in [-0.15, -0.1) is 0 Å². The van der Waals surface area contributed by atoms with Gasteiger partial charge in [-0.05, 0) is 45.4 Å². The number of allylic oxidation sites excluding steroid dienone is 1. The molecule has 1 heterocycles. The lowest BCUT2D eigenvalue weighted by atomic mass is 9.93. The summed E-state index contributed by atoms with van der Waals surface area (Å²) in [5.41, 5.74) is 1.07. The van der Waals surface area contributed by atoms with E-state index in [4.69, 9.17) is 4.74 Å². The summed E-state index contributed by atoms with van der Waals surface area (Å²) in [6.45, 7) is 10.0. The molecule has 1 N–H and O–H groups in total. The number of hydrogen-bond acceptors (Lipinski definition) is 2. The SMILES string of the molecule is C=C(C)NC(C)CCC1CCOCC1. The van der Waals surface area contributed by atoms with Crippen LogP contribution in [-0.4, -0.2) is 19.3 Å². The van der Waals surface area contributed by atoms with E-state index in [1.54, 1.807) is 0 Å². The summed E-state index contributed by atoms with van der Waals surface area (Å²) in [6.07, 6.45) is 5.07.